The maximum Gasteiger partial charge on any atom is 0.261 e. The van der Waals surface area contributed by atoms with Gasteiger partial charge >= 0.3 is 0 Å². The van der Waals surface area contributed by atoms with Crippen LogP contribution in [0.4, 0.5) is 10.1 Å². The largest absolute Gasteiger partial charge is 0.472 e. The number of tetrazole rings is 1. The van der Waals surface area contributed by atoms with Crippen LogP contribution in [0.15, 0.2) is 45.7 Å². The average molecular weight is 341 g/mol. The maximum atomic E-state index is 14.0. The van der Waals surface area contributed by atoms with Gasteiger partial charge in [0, 0.05) is 5.69 Å². The zero-order valence-corrected chi connectivity index (χ0v) is 13.0. The molecule has 0 bridgehead atoms. The van der Waals surface area contributed by atoms with E-state index >= 15 is 0 Å². The first kappa shape index (κ1) is 15.0. The van der Waals surface area contributed by atoms with Crippen molar-refractivity contribution in [2.75, 3.05) is 5.32 Å². The average Bonchev–Trinajstić information content (AvgIpc) is 3.35. The molecule has 9 nitrogen and oxygen atoms in total. The van der Waals surface area contributed by atoms with Crippen molar-refractivity contribution in [1.29, 1.82) is 0 Å². The fourth-order valence-corrected chi connectivity index (χ4v) is 2.25. The highest BCUT2D eigenvalue weighted by Crippen LogP contribution is 2.20. The molecule has 0 radical (unpaired) electrons. The minimum absolute atomic E-state index is 0.250. The second kappa shape index (κ2) is 6.15. The summed E-state index contributed by atoms with van der Waals surface area (Å²) in [6.45, 7) is 2.00. The van der Waals surface area contributed by atoms with Gasteiger partial charge in [-0.05, 0) is 41.6 Å². The summed E-state index contributed by atoms with van der Waals surface area (Å²) < 4.78 is 25.5. The van der Waals surface area contributed by atoms with Crippen molar-refractivity contribution in [2.24, 2.45) is 0 Å². The van der Waals surface area contributed by atoms with Gasteiger partial charge in [0.1, 0.15) is 17.8 Å². The van der Waals surface area contributed by atoms with E-state index in [4.69, 9.17) is 8.94 Å². The van der Waals surface area contributed by atoms with Crippen LogP contribution < -0.4 is 5.32 Å². The molecule has 1 aromatic carbocycles. The zero-order chi connectivity index (χ0) is 17.2. The van der Waals surface area contributed by atoms with Gasteiger partial charge in [0.25, 0.3) is 5.89 Å². The SMILES string of the molecule is Cc1nnnn1-c1cc(NCc2noc(-c3ccoc3)n2)ccc1F. The monoisotopic (exact) mass is 341 g/mol. The lowest BCUT2D eigenvalue weighted by molar-refractivity contribution is 0.423. The number of aryl methyl sites for hydroxylation is 1. The van der Waals surface area contributed by atoms with Gasteiger partial charge < -0.3 is 14.3 Å². The molecule has 0 unspecified atom stereocenters. The van der Waals surface area contributed by atoms with Gasteiger partial charge in [0.05, 0.1) is 18.4 Å². The molecule has 0 atom stereocenters. The van der Waals surface area contributed by atoms with Crippen molar-refractivity contribution in [2.45, 2.75) is 13.5 Å². The van der Waals surface area contributed by atoms with E-state index in [1.54, 1.807) is 25.1 Å². The van der Waals surface area contributed by atoms with Crippen LogP contribution >= 0.6 is 0 Å². The van der Waals surface area contributed by atoms with Crippen LogP contribution in [0.5, 0.6) is 0 Å². The summed E-state index contributed by atoms with van der Waals surface area (Å²) in [4.78, 5) is 4.26. The van der Waals surface area contributed by atoms with Gasteiger partial charge in [-0.25, -0.2) is 4.39 Å². The molecule has 10 heteroatoms. The van der Waals surface area contributed by atoms with Crippen molar-refractivity contribution in [3.8, 4) is 17.1 Å². The number of hydrogen-bond acceptors (Lipinski definition) is 8. The zero-order valence-electron chi connectivity index (χ0n) is 13.0. The Morgan fingerprint density at radius 2 is 2.20 bits per heavy atom. The van der Waals surface area contributed by atoms with Gasteiger partial charge in [-0.1, -0.05) is 5.16 Å². The number of halogens is 1. The molecular formula is C15H12FN7O2. The van der Waals surface area contributed by atoms with Crippen LogP contribution in [-0.4, -0.2) is 30.3 Å². The van der Waals surface area contributed by atoms with Crippen LogP contribution in [0.2, 0.25) is 0 Å². The molecule has 3 heterocycles. The Labute approximate surface area is 140 Å². The molecule has 3 aromatic heterocycles. The number of aromatic nitrogens is 6. The lowest BCUT2D eigenvalue weighted by atomic mass is 10.2. The van der Waals surface area contributed by atoms with E-state index in [-0.39, 0.29) is 5.69 Å². The molecule has 126 valence electrons. The number of nitrogens with zero attached hydrogens (tertiary/aromatic N) is 6. The molecule has 25 heavy (non-hydrogen) atoms. The van der Waals surface area contributed by atoms with Gasteiger partial charge in [0.2, 0.25) is 0 Å². The van der Waals surface area contributed by atoms with Crippen molar-refractivity contribution in [3.05, 3.63) is 54.3 Å². The van der Waals surface area contributed by atoms with Crippen molar-refractivity contribution in [3.63, 3.8) is 0 Å². The van der Waals surface area contributed by atoms with E-state index in [1.165, 1.54) is 23.3 Å². The first-order chi connectivity index (χ1) is 12.2. The van der Waals surface area contributed by atoms with E-state index in [0.29, 0.717) is 35.3 Å². The lowest BCUT2D eigenvalue weighted by Crippen LogP contribution is -2.06. The predicted molar refractivity (Wildman–Crippen MR) is 83.2 cm³/mol. The fraction of sp³-hybridized carbons (Fsp3) is 0.133. The summed E-state index contributed by atoms with van der Waals surface area (Å²) in [5.41, 5.74) is 1.62. The van der Waals surface area contributed by atoms with Crippen LogP contribution in [-0.2, 0) is 6.54 Å². The van der Waals surface area contributed by atoms with Crippen molar-refractivity contribution < 1.29 is 13.3 Å². The quantitative estimate of drug-likeness (QED) is 0.589. The summed E-state index contributed by atoms with van der Waals surface area (Å²) >= 11 is 0. The van der Waals surface area contributed by atoms with Crippen molar-refractivity contribution >= 4 is 5.69 Å². The Hall–Kier alpha value is -3.56. The van der Waals surface area contributed by atoms with Crippen LogP contribution in [0.1, 0.15) is 11.6 Å². The van der Waals surface area contributed by atoms with Gasteiger partial charge in [-0.2, -0.15) is 9.67 Å². The second-order valence-electron chi connectivity index (χ2n) is 5.19. The van der Waals surface area contributed by atoms with Crippen LogP contribution in [0, 0.1) is 12.7 Å². The predicted octanol–water partition coefficient (Wildman–Crippen LogP) is 2.36. The number of nitrogens with one attached hydrogen (secondary N) is 1. The molecule has 4 rings (SSSR count). The molecule has 0 fully saturated rings. The highest BCUT2D eigenvalue weighted by Gasteiger charge is 2.12. The Kier molecular flexibility index (Phi) is 3.69. The Bertz CT molecular complexity index is 993. The van der Waals surface area contributed by atoms with E-state index in [2.05, 4.69) is 31.0 Å². The smallest absolute Gasteiger partial charge is 0.261 e. The summed E-state index contributed by atoms with van der Waals surface area (Å²) in [6.07, 6.45) is 3.05. The third kappa shape index (κ3) is 2.96. The topological polar surface area (TPSA) is 108 Å². The molecule has 0 aliphatic rings. The number of hydrogen-bond donors (Lipinski definition) is 1. The number of furan rings is 1. The molecule has 1 N–H and O–H groups in total. The standard InChI is InChI=1S/C15H12FN7O2/c1-9-19-21-22-23(9)13-6-11(2-3-12(13)16)17-7-14-18-15(25-20-14)10-4-5-24-8-10/h2-6,8,17H,7H2,1H3. The summed E-state index contributed by atoms with van der Waals surface area (Å²) in [6, 6.07) is 6.28. The van der Waals surface area contributed by atoms with E-state index in [9.17, 15) is 4.39 Å². The van der Waals surface area contributed by atoms with Gasteiger partial charge in [-0.3, -0.25) is 0 Å². The minimum atomic E-state index is -0.428. The molecule has 0 amide bonds. The van der Waals surface area contributed by atoms with E-state index in [1.807, 2.05) is 0 Å². The number of rotatable bonds is 5. The molecule has 0 aliphatic carbocycles. The summed E-state index contributed by atoms with van der Waals surface area (Å²) in [5, 5.41) is 18.1. The molecule has 0 saturated heterocycles. The molecule has 0 aliphatic heterocycles. The molecular weight excluding hydrogens is 329 g/mol. The summed E-state index contributed by atoms with van der Waals surface area (Å²) in [5.74, 6) is 0.886. The third-order valence-corrected chi connectivity index (χ3v) is 3.49. The Balaban J connectivity index is 1.51. The molecule has 0 spiro atoms. The fourth-order valence-electron chi connectivity index (χ4n) is 2.25. The van der Waals surface area contributed by atoms with Crippen LogP contribution in [0.3, 0.4) is 0 Å². The Morgan fingerprint density at radius 3 is 2.96 bits per heavy atom. The van der Waals surface area contributed by atoms with Crippen LogP contribution in [0.25, 0.3) is 17.1 Å². The Morgan fingerprint density at radius 1 is 1.28 bits per heavy atom. The molecule has 0 saturated carbocycles. The first-order valence-corrected chi connectivity index (χ1v) is 7.34. The van der Waals surface area contributed by atoms with E-state index in [0.717, 1.165) is 0 Å². The van der Waals surface area contributed by atoms with Crippen molar-refractivity contribution in [1.82, 2.24) is 30.3 Å². The lowest BCUT2D eigenvalue weighted by Gasteiger charge is -2.08. The summed E-state index contributed by atoms with van der Waals surface area (Å²) in [7, 11) is 0. The van der Waals surface area contributed by atoms with Gasteiger partial charge in [-0.15, -0.1) is 5.10 Å². The second-order valence-corrected chi connectivity index (χ2v) is 5.19. The first-order valence-electron chi connectivity index (χ1n) is 7.34. The number of anilines is 1. The number of benzene rings is 1. The highest BCUT2D eigenvalue weighted by molar-refractivity contribution is 5.52. The highest BCUT2D eigenvalue weighted by atomic mass is 19.1. The molecule has 4 aromatic rings. The van der Waals surface area contributed by atoms with Gasteiger partial charge in [0.15, 0.2) is 11.6 Å². The minimum Gasteiger partial charge on any atom is -0.472 e. The normalized spacial score (nSPS) is 11.0. The third-order valence-electron chi connectivity index (χ3n) is 3.49. The van der Waals surface area contributed by atoms with E-state index < -0.39 is 5.82 Å². The maximum absolute atomic E-state index is 14.0.